The van der Waals surface area contributed by atoms with Gasteiger partial charge in [0.05, 0.1) is 6.10 Å². The lowest BCUT2D eigenvalue weighted by atomic mass is 10.2. The molecule has 0 aromatic heterocycles. The molecule has 6 heteroatoms. The minimum absolute atomic E-state index is 0. The van der Waals surface area contributed by atoms with Crippen molar-refractivity contribution in [3.05, 3.63) is 34.9 Å². The maximum absolute atomic E-state index is 6.11. The van der Waals surface area contributed by atoms with E-state index in [-0.39, 0.29) is 24.0 Å². The molecule has 112 valence electrons. The van der Waals surface area contributed by atoms with Crippen LogP contribution in [0.1, 0.15) is 18.4 Å². The fourth-order valence-electron chi connectivity index (χ4n) is 2.06. The molecule has 1 aliphatic heterocycles. The number of guanidine groups is 1. The van der Waals surface area contributed by atoms with Crippen molar-refractivity contribution in [1.82, 2.24) is 10.6 Å². The first-order chi connectivity index (χ1) is 9.29. The normalized spacial score (nSPS) is 18.5. The van der Waals surface area contributed by atoms with Crippen molar-refractivity contribution in [2.75, 3.05) is 20.2 Å². The second-order valence-corrected chi connectivity index (χ2v) is 4.94. The molecule has 20 heavy (non-hydrogen) atoms. The van der Waals surface area contributed by atoms with Crippen molar-refractivity contribution in [3.8, 4) is 0 Å². The average Bonchev–Trinajstić information content (AvgIpc) is 2.94. The zero-order valence-corrected chi connectivity index (χ0v) is 14.7. The lowest BCUT2D eigenvalue weighted by Crippen LogP contribution is -2.40. The SMILES string of the molecule is CN=C(NCc1ccccc1Cl)NCC1CCCO1.I. The van der Waals surface area contributed by atoms with E-state index in [0.29, 0.717) is 12.6 Å². The molecule has 1 aliphatic rings. The number of aliphatic imine (C=N–C) groups is 1. The average molecular weight is 410 g/mol. The Hall–Kier alpha value is -0.530. The Bertz CT molecular complexity index is 436. The van der Waals surface area contributed by atoms with Crippen LogP contribution in [0, 0.1) is 0 Å². The number of benzene rings is 1. The Morgan fingerprint density at radius 3 is 2.85 bits per heavy atom. The molecule has 4 nitrogen and oxygen atoms in total. The molecular formula is C14H21ClIN3O. The molecule has 0 spiro atoms. The molecule has 2 N–H and O–H groups in total. The van der Waals surface area contributed by atoms with Crippen molar-refractivity contribution in [1.29, 1.82) is 0 Å². The van der Waals surface area contributed by atoms with Crippen LogP contribution < -0.4 is 10.6 Å². The first-order valence-corrected chi connectivity index (χ1v) is 6.97. The fraction of sp³-hybridized carbons (Fsp3) is 0.500. The highest BCUT2D eigenvalue weighted by Crippen LogP contribution is 2.14. The third kappa shape index (κ3) is 5.46. The zero-order valence-electron chi connectivity index (χ0n) is 11.6. The van der Waals surface area contributed by atoms with Gasteiger partial charge in [0.15, 0.2) is 5.96 Å². The maximum Gasteiger partial charge on any atom is 0.191 e. The summed E-state index contributed by atoms with van der Waals surface area (Å²) in [5, 5.41) is 7.29. The molecule has 1 fully saturated rings. The van der Waals surface area contributed by atoms with Crippen LogP contribution >= 0.6 is 35.6 Å². The van der Waals surface area contributed by atoms with Gasteiger partial charge in [0.1, 0.15) is 0 Å². The lowest BCUT2D eigenvalue weighted by Gasteiger charge is -2.15. The quantitative estimate of drug-likeness (QED) is 0.457. The summed E-state index contributed by atoms with van der Waals surface area (Å²) < 4.78 is 5.56. The molecule has 1 atom stereocenters. The lowest BCUT2D eigenvalue weighted by molar-refractivity contribution is 0.114. The van der Waals surface area contributed by atoms with E-state index in [2.05, 4.69) is 15.6 Å². The van der Waals surface area contributed by atoms with Gasteiger partial charge in [-0.1, -0.05) is 29.8 Å². The highest BCUT2D eigenvalue weighted by atomic mass is 127. The van der Waals surface area contributed by atoms with Crippen molar-refractivity contribution in [2.24, 2.45) is 4.99 Å². The largest absolute Gasteiger partial charge is 0.376 e. The van der Waals surface area contributed by atoms with E-state index in [1.807, 2.05) is 24.3 Å². The van der Waals surface area contributed by atoms with E-state index >= 15 is 0 Å². The minimum atomic E-state index is 0. The zero-order chi connectivity index (χ0) is 13.5. The predicted octanol–water partition coefficient (Wildman–Crippen LogP) is 2.80. The first-order valence-electron chi connectivity index (χ1n) is 6.59. The minimum Gasteiger partial charge on any atom is -0.376 e. The maximum atomic E-state index is 6.11. The Morgan fingerprint density at radius 1 is 1.40 bits per heavy atom. The monoisotopic (exact) mass is 409 g/mol. The molecular weight excluding hydrogens is 389 g/mol. The molecule has 0 saturated carbocycles. The second kappa shape index (κ2) is 9.41. The molecule has 1 saturated heterocycles. The van der Waals surface area contributed by atoms with E-state index in [1.165, 1.54) is 0 Å². The van der Waals surface area contributed by atoms with Crippen molar-refractivity contribution >= 4 is 41.5 Å². The molecule has 1 aromatic carbocycles. The van der Waals surface area contributed by atoms with Gasteiger partial charge in [-0.2, -0.15) is 0 Å². The molecule has 1 heterocycles. The van der Waals surface area contributed by atoms with Crippen LogP contribution in [0.25, 0.3) is 0 Å². The molecule has 0 aliphatic carbocycles. The van der Waals surface area contributed by atoms with Crippen molar-refractivity contribution in [3.63, 3.8) is 0 Å². The van der Waals surface area contributed by atoms with Gasteiger partial charge in [-0.15, -0.1) is 24.0 Å². The van der Waals surface area contributed by atoms with E-state index in [4.69, 9.17) is 16.3 Å². The van der Waals surface area contributed by atoms with Gasteiger partial charge < -0.3 is 15.4 Å². The highest BCUT2D eigenvalue weighted by Gasteiger charge is 2.15. The van der Waals surface area contributed by atoms with Crippen molar-refractivity contribution in [2.45, 2.75) is 25.5 Å². The number of halogens is 2. The summed E-state index contributed by atoms with van der Waals surface area (Å²) in [5.41, 5.74) is 1.06. The van der Waals surface area contributed by atoms with E-state index < -0.39 is 0 Å². The highest BCUT2D eigenvalue weighted by molar-refractivity contribution is 14.0. The van der Waals surface area contributed by atoms with Crippen LogP contribution in [0.4, 0.5) is 0 Å². The summed E-state index contributed by atoms with van der Waals surface area (Å²) in [5.74, 6) is 0.774. The number of hydrogen-bond acceptors (Lipinski definition) is 2. The van der Waals surface area contributed by atoms with Gasteiger partial charge in [-0.05, 0) is 24.5 Å². The molecule has 0 amide bonds. The Balaban J connectivity index is 0.00000200. The Morgan fingerprint density at radius 2 is 2.20 bits per heavy atom. The van der Waals surface area contributed by atoms with Crippen molar-refractivity contribution < 1.29 is 4.74 Å². The van der Waals surface area contributed by atoms with E-state index in [1.54, 1.807) is 7.05 Å². The fourth-order valence-corrected chi connectivity index (χ4v) is 2.26. The number of rotatable bonds is 4. The number of nitrogens with zero attached hydrogens (tertiary/aromatic N) is 1. The molecule has 2 rings (SSSR count). The number of ether oxygens (including phenoxy) is 1. The summed E-state index contributed by atoms with van der Waals surface area (Å²) in [6.07, 6.45) is 2.57. The molecule has 1 aromatic rings. The Kier molecular flexibility index (Phi) is 8.25. The third-order valence-corrected chi connectivity index (χ3v) is 3.52. The van der Waals surface area contributed by atoms with Crippen LogP contribution in [0.2, 0.25) is 5.02 Å². The summed E-state index contributed by atoms with van der Waals surface area (Å²) in [4.78, 5) is 4.19. The van der Waals surface area contributed by atoms with Gasteiger partial charge in [0.25, 0.3) is 0 Å². The van der Waals surface area contributed by atoms with Gasteiger partial charge in [0, 0.05) is 31.8 Å². The van der Waals surface area contributed by atoms with Crippen LogP contribution in [0.5, 0.6) is 0 Å². The second-order valence-electron chi connectivity index (χ2n) is 4.53. The van der Waals surface area contributed by atoms with Gasteiger partial charge >= 0.3 is 0 Å². The van der Waals surface area contributed by atoms with E-state index in [0.717, 1.165) is 42.5 Å². The summed E-state index contributed by atoms with van der Waals surface area (Å²) >= 11 is 6.11. The number of hydrogen-bond donors (Lipinski definition) is 2. The smallest absolute Gasteiger partial charge is 0.191 e. The van der Waals surface area contributed by atoms with Crippen LogP contribution in [0.15, 0.2) is 29.3 Å². The predicted molar refractivity (Wildman–Crippen MR) is 94.0 cm³/mol. The van der Waals surface area contributed by atoms with Gasteiger partial charge in [-0.3, -0.25) is 4.99 Å². The first kappa shape index (κ1) is 17.5. The van der Waals surface area contributed by atoms with E-state index in [9.17, 15) is 0 Å². The molecule has 1 unspecified atom stereocenters. The van der Waals surface area contributed by atoms with Gasteiger partial charge in [0.2, 0.25) is 0 Å². The molecule has 0 bridgehead atoms. The number of nitrogens with one attached hydrogen (secondary N) is 2. The van der Waals surface area contributed by atoms with Gasteiger partial charge in [-0.25, -0.2) is 0 Å². The van der Waals surface area contributed by atoms with Crippen LogP contribution in [0.3, 0.4) is 0 Å². The Labute approximate surface area is 142 Å². The topological polar surface area (TPSA) is 45.7 Å². The molecule has 0 radical (unpaired) electrons. The third-order valence-electron chi connectivity index (χ3n) is 3.15. The summed E-state index contributed by atoms with van der Waals surface area (Å²) in [6.45, 7) is 2.32. The summed E-state index contributed by atoms with van der Waals surface area (Å²) in [7, 11) is 1.76. The standard InChI is InChI=1S/C14H20ClN3O.HI/c1-16-14(18-10-12-6-4-8-19-12)17-9-11-5-2-3-7-13(11)15;/h2-3,5,7,12H,4,6,8-10H2,1H3,(H2,16,17,18);1H. The summed E-state index contributed by atoms with van der Waals surface area (Å²) in [6, 6.07) is 7.80. The van der Waals surface area contributed by atoms with Crippen LogP contribution in [-0.4, -0.2) is 32.3 Å². The van der Waals surface area contributed by atoms with Crippen LogP contribution in [-0.2, 0) is 11.3 Å².